The van der Waals surface area contributed by atoms with Gasteiger partial charge in [-0.2, -0.15) is 0 Å². The number of nitro benzene ring substituents is 9. The second kappa shape index (κ2) is 50.9. The molecule has 0 radical (unpaired) electrons. The Balaban J connectivity index is 0.000000185. The first kappa shape index (κ1) is 105. The van der Waals surface area contributed by atoms with E-state index in [0.717, 1.165) is 51.9 Å². The highest BCUT2D eigenvalue weighted by molar-refractivity contribution is 9.08. The number of aryl methyl sites for hydroxylation is 2. The van der Waals surface area contributed by atoms with Crippen molar-refractivity contribution in [2.24, 2.45) is 5.92 Å². The van der Waals surface area contributed by atoms with E-state index in [0.29, 0.717) is 108 Å². The number of ketones is 1. The second-order valence-corrected chi connectivity index (χ2v) is 31.2. The van der Waals surface area contributed by atoms with Crippen LogP contribution in [0.15, 0.2) is 212 Å². The number of nitrogens with two attached hydrogens (primary N) is 1. The first-order valence-corrected chi connectivity index (χ1v) is 43.1. The van der Waals surface area contributed by atoms with E-state index in [-0.39, 0.29) is 135 Å². The van der Waals surface area contributed by atoms with Crippen LogP contribution < -0.4 is 5.73 Å². The Morgan fingerprint density at radius 1 is 0.444 bits per heavy atom. The molecule has 0 saturated carbocycles. The standard InChI is InChI=1S/C14H17NO6.C9H8ClNO3.C9H9NO4.C9H7NO3.2C9H9NO3.C9H7NO3.C9H7NO2.C9H11NO.C7H6BrNO2/c1-3-20-13(16)11(14(17)21-4-2)9-10-7-5-6-8-12(10)15(18)19;10-9(12)6-5-7-3-1-2-4-8(7)11(13)14;11-9(12)6-5-7-3-1-2-4-8(7)10(13)14;11-10(12)7-3-1-2-5-6(7)4-8-9(5)13-8;11-7-4-6-2-1-3-9(10(12)13)8(6)5-7;2*11-9-5-4-6-7(9)2-1-3-8(6)10(12)13;11-10(12)9-6-2-4-7-3-1-5-8(7)9;10-9-3-1-2-6-4-7(11)5-8(6)9;8-5-6-3-1-2-4-7(6)9(10)11/h5-8,11H,3-4,9H2,1-2H3;1-4H,5-6H2;1-4H,5-6H2,(H,11,12);1-3,8-9H,4H2;1-3,7,11H,4-5H2;1-3,9,11H,4-5H2;1-3H,4-5H2;1-4,6H,5H2;1-3,7,11H,4-5,10H2;1-4H,5H2. The summed E-state index contributed by atoms with van der Waals surface area (Å²) in [6.45, 7) is 3.47. The maximum absolute atomic E-state index is 11.9. The Morgan fingerprint density at radius 3 is 1.33 bits per heavy atom. The number of allylic oxidation sites excluding steroid dienone is 1. The normalized spacial score (nSPS) is 15.2. The minimum Gasteiger partial charge on any atom is -0.481 e. The smallest absolute Gasteiger partial charge is 0.320 e. The number of rotatable bonds is 22. The van der Waals surface area contributed by atoms with Crippen LogP contribution in [-0.2, 0) is 109 Å². The maximum atomic E-state index is 11.9. The molecule has 1 aliphatic heterocycles. The van der Waals surface area contributed by atoms with Crippen molar-refractivity contribution < 1.29 is 103 Å². The van der Waals surface area contributed by atoms with Gasteiger partial charge in [-0.05, 0) is 116 Å². The largest absolute Gasteiger partial charge is 0.481 e. The lowest BCUT2D eigenvalue weighted by Gasteiger charge is -2.14. The van der Waals surface area contributed by atoms with Gasteiger partial charge in [-0.1, -0.05) is 174 Å². The third-order valence-corrected chi connectivity index (χ3v) is 22.3. The van der Waals surface area contributed by atoms with Gasteiger partial charge in [-0.15, -0.1) is 0 Å². The number of aliphatic carboxylic acids is 1. The lowest BCUT2D eigenvalue weighted by Crippen LogP contribution is -2.30. The molecule has 5 unspecified atom stereocenters. The monoisotopic (exact) mass is 1940 g/mol. The zero-order chi connectivity index (χ0) is 98.9. The number of halogens is 2. The van der Waals surface area contributed by atoms with Crippen LogP contribution in [0.5, 0.6) is 0 Å². The van der Waals surface area contributed by atoms with Crippen LogP contribution in [0.1, 0.15) is 146 Å². The van der Waals surface area contributed by atoms with Gasteiger partial charge in [-0.3, -0.25) is 115 Å². The van der Waals surface area contributed by atoms with Crippen molar-refractivity contribution in [3.8, 4) is 0 Å². The molecule has 0 bridgehead atoms. The predicted octanol–water partition coefficient (Wildman–Crippen LogP) is 17.1. The Kier molecular flexibility index (Phi) is 39.6. The van der Waals surface area contributed by atoms with Gasteiger partial charge in [0.1, 0.15) is 6.10 Å². The average Bonchev–Trinajstić information content (AvgIpc) is 1.58. The molecule has 135 heavy (non-hydrogen) atoms. The molecule has 10 aromatic rings. The number of fused-ring (bicyclic) bond motifs is 8. The lowest BCUT2D eigenvalue weighted by molar-refractivity contribution is -0.385. The van der Waals surface area contributed by atoms with E-state index in [1.54, 1.807) is 129 Å². The summed E-state index contributed by atoms with van der Waals surface area (Å²) in [6, 6.07) is 55.8. The van der Waals surface area contributed by atoms with Crippen LogP contribution in [0.3, 0.4) is 0 Å². The third-order valence-electron chi connectivity index (χ3n) is 21.6. The summed E-state index contributed by atoms with van der Waals surface area (Å²) in [6.07, 6.45) is 9.37. The van der Waals surface area contributed by atoms with Gasteiger partial charge in [0.15, 0.2) is 11.7 Å². The van der Waals surface area contributed by atoms with E-state index in [2.05, 4.69) is 15.9 Å². The molecule has 0 aromatic heterocycles. The van der Waals surface area contributed by atoms with E-state index >= 15 is 0 Å². The number of aliphatic hydroxyl groups excluding tert-OH is 3. The second-order valence-electron chi connectivity index (χ2n) is 30.2. The van der Waals surface area contributed by atoms with E-state index in [9.17, 15) is 130 Å². The number of aliphatic hydroxyl groups is 3. The van der Waals surface area contributed by atoms with Gasteiger partial charge >= 0.3 is 17.9 Å². The minimum atomic E-state index is -1.20. The number of anilines is 1. The van der Waals surface area contributed by atoms with Gasteiger partial charge in [0.05, 0.1) is 81.9 Å². The molecular formula is C93H90BrClN10O30. The molecule has 1 saturated heterocycles. The number of alkyl halides is 1. The zero-order valence-electron chi connectivity index (χ0n) is 72.2. The van der Waals surface area contributed by atoms with Crippen LogP contribution in [-0.4, -0.2) is 125 Å². The molecule has 1 fully saturated rings. The van der Waals surface area contributed by atoms with E-state index in [1.165, 1.54) is 60.2 Å². The molecule has 0 spiro atoms. The zero-order valence-corrected chi connectivity index (χ0v) is 74.6. The molecule has 40 nitrogen and oxygen atoms in total. The van der Waals surface area contributed by atoms with Crippen molar-refractivity contribution in [2.75, 3.05) is 18.9 Å². The van der Waals surface area contributed by atoms with Crippen LogP contribution in [0.4, 0.5) is 56.9 Å². The van der Waals surface area contributed by atoms with Crippen molar-refractivity contribution in [1.29, 1.82) is 0 Å². The summed E-state index contributed by atoms with van der Waals surface area (Å²) in [5, 5.41) is 132. The molecule has 7 aliphatic rings. The Hall–Kier alpha value is -15.3. The van der Waals surface area contributed by atoms with Crippen LogP contribution >= 0.6 is 27.5 Å². The number of carboxylic acids is 1. The Labute approximate surface area is 781 Å². The van der Waals surface area contributed by atoms with Crippen molar-refractivity contribution in [3.05, 3.63) is 392 Å². The van der Waals surface area contributed by atoms with Crippen molar-refractivity contribution in [3.63, 3.8) is 0 Å². The molecule has 6 N–H and O–H groups in total. The summed E-state index contributed by atoms with van der Waals surface area (Å²) in [5.41, 5.74) is 19.6. The fourth-order valence-corrected chi connectivity index (χ4v) is 15.8. The summed E-state index contributed by atoms with van der Waals surface area (Å²) < 4.78 is 15.0. The minimum absolute atomic E-state index is 0.0127. The Morgan fingerprint density at radius 2 is 0.844 bits per heavy atom. The predicted molar refractivity (Wildman–Crippen MR) is 494 cm³/mol. The molecule has 706 valence electrons. The number of carbonyl (C=O) groups is 5. The van der Waals surface area contributed by atoms with Gasteiger partial charge in [0.2, 0.25) is 5.24 Å². The average molecular weight is 1940 g/mol. The summed E-state index contributed by atoms with van der Waals surface area (Å²) in [4.78, 5) is 147. The van der Waals surface area contributed by atoms with Crippen LogP contribution in [0.2, 0.25) is 0 Å². The number of para-hydroxylation sites is 4. The topological polar surface area (TPSA) is 612 Å². The van der Waals surface area contributed by atoms with E-state index in [1.807, 2.05) is 48.6 Å². The first-order valence-electron chi connectivity index (χ1n) is 41.6. The van der Waals surface area contributed by atoms with Gasteiger partial charge in [0, 0.05) is 166 Å². The Bertz CT molecular complexity index is 5970. The van der Waals surface area contributed by atoms with Gasteiger partial charge < -0.3 is 40.4 Å². The van der Waals surface area contributed by atoms with Gasteiger partial charge in [0.25, 0.3) is 51.2 Å². The number of epoxide rings is 1. The molecule has 5 atom stereocenters. The number of hydrogen-bond donors (Lipinski definition) is 5. The molecule has 42 heteroatoms. The van der Waals surface area contributed by atoms with E-state index in [4.69, 9.17) is 36.7 Å². The summed E-state index contributed by atoms with van der Waals surface area (Å²) in [5.74, 6) is -3.63. The number of ether oxygens (including phenoxy) is 3. The quantitative estimate of drug-likeness (QED) is 0.00615. The number of carboxylic acid groups (broad SMARTS) is 1. The number of esters is 2. The van der Waals surface area contributed by atoms with Crippen molar-refractivity contribution in [2.45, 2.75) is 146 Å². The number of hydrogen-bond acceptors (Lipinski definition) is 30. The highest BCUT2D eigenvalue weighted by Crippen LogP contribution is 2.51. The summed E-state index contributed by atoms with van der Waals surface area (Å²) >= 11 is 8.32. The van der Waals surface area contributed by atoms with Crippen molar-refractivity contribution >= 4 is 119 Å². The first-order chi connectivity index (χ1) is 64.4. The lowest BCUT2D eigenvalue weighted by atomic mass is 9.98. The van der Waals surface area contributed by atoms with Crippen LogP contribution in [0, 0.1) is 96.9 Å². The maximum Gasteiger partial charge on any atom is 0.320 e. The van der Waals surface area contributed by atoms with E-state index < -0.39 is 70.8 Å². The number of carbonyl (C=O) groups excluding carboxylic acids is 4. The highest BCUT2D eigenvalue weighted by Gasteiger charge is 2.49. The number of nitrogen functional groups attached to an aromatic ring is 1. The molecule has 10 aromatic carbocycles. The number of nitrogens with zero attached hydrogens (tertiary/aromatic N) is 9. The molecule has 1 heterocycles. The fourth-order valence-electron chi connectivity index (χ4n) is 15.2. The number of Topliss-reactive ketones (excluding diaryl/α,β-unsaturated/α-hetero) is 1. The fraction of sp³-hybridized carbons (Fsp3) is 0.280. The van der Waals surface area contributed by atoms with Crippen molar-refractivity contribution in [1.82, 2.24) is 0 Å². The van der Waals surface area contributed by atoms with Crippen LogP contribution in [0.25, 0.3) is 6.08 Å². The number of benzene rings is 10. The SMILES string of the molecule is CCOC(=O)C(Cc1ccccc1[N+](=O)[O-])C(=O)OCC.Nc1cccc2c1CC(O)C2.O=C(Cl)CCc1ccccc1[N+](=O)[O-].O=C(O)CCc1ccccc1[N+](=O)[O-].O=C1CCc2c1cccc2[N+](=O)[O-].O=[N+]([O-])c1cccc2c1CC(O)C2.O=[N+]([O-])c1cccc2c1CC1OC21.O=[N+]([O-])c1cccc2c1CC=C2.O=[N+]([O-])c1cccc2c1CCC2O.O=[N+]([O-])c1ccccc1CBr. The van der Waals surface area contributed by atoms with Gasteiger partial charge in [-0.25, -0.2) is 0 Å². The number of nitro groups is 9. The molecule has 0 amide bonds. The molecule has 6 aliphatic carbocycles. The summed E-state index contributed by atoms with van der Waals surface area (Å²) in [7, 11) is 0. The highest BCUT2D eigenvalue weighted by atomic mass is 79.9. The molecule has 17 rings (SSSR count). The molecular weight excluding hydrogens is 1850 g/mol. The third kappa shape index (κ3) is 29.9.